The number of carbonyl (C=O) groups excluding carboxylic acids is 1. The Morgan fingerprint density at radius 3 is 2.37 bits per heavy atom. The van der Waals surface area contributed by atoms with Gasteiger partial charge in [-0.25, -0.2) is 0 Å². The molecule has 4 heteroatoms. The van der Waals surface area contributed by atoms with E-state index in [0.29, 0.717) is 13.1 Å². The minimum Gasteiger partial charge on any atom is -0.369 e. The number of primary amides is 1. The minimum atomic E-state index is -0.320. The van der Waals surface area contributed by atoms with Crippen LogP contribution < -0.4 is 5.73 Å². The van der Waals surface area contributed by atoms with Crippen LogP contribution >= 0.6 is 0 Å². The summed E-state index contributed by atoms with van der Waals surface area (Å²) in [4.78, 5) is 17.2. The van der Waals surface area contributed by atoms with E-state index in [-0.39, 0.29) is 12.5 Å². The second-order valence-corrected chi connectivity index (χ2v) is 4.46. The van der Waals surface area contributed by atoms with Gasteiger partial charge in [-0.3, -0.25) is 14.7 Å². The molecule has 0 spiro atoms. The predicted octanol–water partition coefficient (Wildman–Crippen LogP) is 1.57. The highest BCUT2D eigenvalue weighted by molar-refractivity contribution is 5.75. The molecule has 2 aromatic rings. The van der Waals surface area contributed by atoms with E-state index in [2.05, 4.69) is 4.98 Å². The Kier molecular flexibility index (Phi) is 4.64. The molecule has 4 nitrogen and oxygen atoms in total. The number of nitrogens with two attached hydrogens (primary N) is 1. The fourth-order valence-corrected chi connectivity index (χ4v) is 1.98. The molecule has 98 valence electrons. The van der Waals surface area contributed by atoms with Crippen LogP contribution in [0, 0.1) is 0 Å². The summed E-state index contributed by atoms with van der Waals surface area (Å²) in [6.07, 6.45) is 3.54. The Labute approximate surface area is 112 Å². The van der Waals surface area contributed by atoms with Crippen LogP contribution in [0.4, 0.5) is 0 Å². The standard InChI is InChI=1S/C15H17N3O/c16-15(19)12-18(10-13-5-2-1-3-6-13)11-14-7-4-8-17-9-14/h1-9H,10-12H2,(H2,16,19). The molecule has 0 radical (unpaired) electrons. The molecule has 1 heterocycles. The average Bonchev–Trinajstić information content (AvgIpc) is 2.40. The van der Waals surface area contributed by atoms with Gasteiger partial charge in [-0.1, -0.05) is 36.4 Å². The number of nitrogens with zero attached hydrogens (tertiary/aromatic N) is 2. The minimum absolute atomic E-state index is 0.240. The molecular weight excluding hydrogens is 238 g/mol. The van der Waals surface area contributed by atoms with Crippen molar-refractivity contribution in [2.45, 2.75) is 13.1 Å². The first kappa shape index (κ1) is 13.2. The molecule has 2 rings (SSSR count). The van der Waals surface area contributed by atoms with Gasteiger partial charge in [0, 0.05) is 25.5 Å². The average molecular weight is 255 g/mol. The molecule has 1 aromatic carbocycles. The number of benzene rings is 1. The molecule has 0 aliphatic rings. The van der Waals surface area contributed by atoms with Crippen LogP contribution in [0.15, 0.2) is 54.9 Å². The molecule has 0 aliphatic carbocycles. The van der Waals surface area contributed by atoms with Gasteiger partial charge in [-0.05, 0) is 17.2 Å². The zero-order valence-corrected chi connectivity index (χ0v) is 10.7. The van der Waals surface area contributed by atoms with Gasteiger partial charge in [-0.2, -0.15) is 0 Å². The van der Waals surface area contributed by atoms with Crippen molar-refractivity contribution < 1.29 is 4.79 Å². The molecule has 0 saturated carbocycles. The van der Waals surface area contributed by atoms with Gasteiger partial charge in [0.2, 0.25) is 5.91 Å². The zero-order chi connectivity index (χ0) is 13.5. The van der Waals surface area contributed by atoms with E-state index in [1.807, 2.05) is 47.4 Å². The smallest absolute Gasteiger partial charge is 0.231 e. The van der Waals surface area contributed by atoms with Gasteiger partial charge in [-0.15, -0.1) is 0 Å². The lowest BCUT2D eigenvalue weighted by Gasteiger charge is -2.20. The molecule has 0 fully saturated rings. The molecule has 0 bridgehead atoms. The Balaban J connectivity index is 2.06. The molecule has 2 N–H and O–H groups in total. The molecular formula is C15H17N3O. The van der Waals surface area contributed by atoms with Crippen LogP contribution in [0.5, 0.6) is 0 Å². The maximum Gasteiger partial charge on any atom is 0.231 e. The first-order chi connectivity index (χ1) is 9.24. The second kappa shape index (κ2) is 6.66. The number of rotatable bonds is 6. The highest BCUT2D eigenvalue weighted by Gasteiger charge is 2.09. The number of hydrogen-bond donors (Lipinski definition) is 1. The summed E-state index contributed by atoms with van der Waals surface area (Å²) in [5.41, 5.74) is 7.53. The van der Waals surface area contributed by atoms with Crippen LogP contribution in [-0.2, 0) is 17.9 Å². The summed E-state index contributed by atoms with van der Waals surface area (Å²) in [6, 6.07) is 13.9. The van der Waals surface area contributed by atoms with Gasteiger partial charge in [0.15, 0.2) is 0 Å². The molecule has 1 amide bonds. The van der Waals surface area contributed by atoms with E-state index >= 15 is 0 Å². The number of hydrogen-bond acceptors (Lipinski definition) is 3. The topological polar surface area (TPSA) is 59.2 Å². The van der Waals surface area contributed by atoms with Crippen LogP contribution in [0.3, 0.4) is 0 Å². The number of aromatic nitrogens is 1. The highest BCUT2D eigenvalue weighted by atomic mass is 16.1. The lowest BCUT2D eigenvalue weighted by Crippen LogP contribution is -2.33. The van der Waals surface area contributed by atoms with E-state index in [1.165, 1.54) is 0 Å². The summed E-state index contributed by atoms with van der Waals surface area (Å²) < 4.78 is 0. The number of carbonyl (C=O) groups is 1. The molecule has 0 saturated heterocycles. The zero-order valence-electron chi connectivity index (χ0n) is 10.7. The van der Waals surface area contributed by atoms with Crippen molar-refractivity contribution in [3.63, 3.8) is 0 Å². The van der Waals surface area contributed by atoms with Gasteiger partial charge >= 0.3 is 0 Å². The van der Waals surface area contributed by atoms with Crippen molar-refractivity contribution in [1.29, 1.82) is 0 Å². The normalized spacial score (nSPS) is 10.6. The Bertz CT molecular complexity index is 472. The maximum absolute atomic E-state index is 11.2. The third kappa shape index (κ3) is 4.52. The molecule has 19 heavy (non-hydrogen) atoms. The summed E-state index contributed by atoms with van der Waals surface area (Å²) in [6.45, 7) is 1.59. The number of pyridine rings is 1. The third-order valence-electron chi connectivity index (χ3n) is 2.76. The third-order valence-corrected chi connectivity index (χ3v) is 2.76. The van der Waals surface area contributed by atoms with Gasteiger partial charge in [0.05, 0.1) is 6.54 Å². The fraction of sp³-hybridized carbons (Fsp3) is 0.200. The molecule has 1 aromatic heterocycles. The van der Waals surface area contributed by atoms with E-state index in [0.717, 1.165) is 11.1 Å². The van der Waals surface area contributed by atoms with Crippen molar-refractivity contribution in [3.05, 3.63) is 66.0 Å². The summed E-state index contributed by atoms with van der Waals surface area (Å²) in [7, 11) is 0. The van der Waals surface area contributed by atoms with Gasteiger partial charge in [0.25, 0.3) is 0 Å². The van der Waals surface area contributed by atoms with Gasteiger partial charge < -0.3 is 5.73 Å². The summed E-state index contributed by atoms with van der Waals surface area (Å²) in [5.74, 6) is -0.320. The van der Waals surface area contributed by atoms with Crippen molar-refractivity contribution >= 4 is 5.91 Å². The fourth-order valence-electron chi connectivity index (χ4n) is 1.98. The van der Waals surface area contributed by atoms with E-state index in [4.69, 9.17) is 5.73 Å². The van der Waals surface area contributed by atoms with E-state index in [1.54, 1.807) is 12.4 Å². The monoisotopic (exact) mass is 255 g/mol. The quantitative estimate of drug-likeness (QED) is 0.852. The van der Waals surface area contributed by atoms with Crippen LogP contribution in [-0.4, -0.2) is 22.3 Å². The first-order valence-corrected chi connectivity index (χ1v) is 6.17. The van der Waals surface area contributed by atoms with Crippen molar-refractivity contribution in [3.8, 4) is 0 Å². The Hall–Kier alpha value is -2.20. The largest absolute Gasteiger partial charge is 0.369 e. The summed E-state index contributed by atoms with van der Waals surface area (Å²) in [5, 5.41) is 0. The lowest BCUT2D eigenvalue weighted by molar-refractivity contribution is -0.119. The number of amides is 1. The maximum atomic E-state index is 11.2. The SMILES string of the molecule is NC(=O)CN(Cc1ccccc1)Cc1cccnc1. The van der Waals surface area contributed by atoms with Crippen LogP contribution in [0.1, 0.15) is 11.1 Å². The van der Waals surface area contributed by atoms with E-state index in [9.17, 15) is 4.79 Å². The van der Waals surface area contributed by atoms with E-state index < -0.39 is 0 Å². The molecule has 0 aliphatic heterocycles. The Morgan fingerprint density at radius 2 is 1.74 bits per heavy atom. The van der Waals surface area contributed by atoms with Crippen molar-refractivity contribution in [1.82, 2.24) is 9.88 Å². The molecule has 0 unspecified atom stereocenters. The first-order valence-electron chi connectivity index (χ1n) is 6.17. The molecule has 0 atom stereocenters. The van der Waals surface area contributed by atoms with Crippen LogP contribution in [0.25, 0.3) is 0 Å². The van der Waals surface area contributed by atoms with Gasteiger partial charge in [0.1, 0.15) is 0 Å². The predicted molar refractivity (Wildman–Crippen MR) is 74.0 cm³/mol. The second-order valence-electron chi connectivity index (χ2n) is 4.46. The van der Waals surface area contributed by atoms with Crippen molar-refractivity contribution in [2.24, 2.45) is 5.73 Å². The van der Waals surface area contributed by atoms with Crippen molar-refractivity contribution in [2.75, 3.05) is 6.54 Å². The summed E-state index contributed by atoms with van der Waals surface area (Å²) >= 11 is 0. The Morgan fingerprint density at radius 1 is 1.05 bits per heavy atom. The highest BCUT2D eigenvalue weighted by Crippen LogP contribution is 2.08. The van der Waals surface area contributed by atoms with Crippen LogP contribution in [0.2, 0.25) is 0 Å². The lowest BCUT2D eigenvalue weighted by atomic mass is 10.2.